The normalized spacial score (nSPS) is 27.8. The number of hydrogen-bond acceptors (Lipinski definition) is 3. The van der Waals surface area contributed by atoms with Gasteiger partial charge < -0.3 is 15.4 Å². The maximum absolute atomic E-state index is 12.6. The number of halogens is 2. The molecule has 7 heteroatoms. The second-order valence-electron chi connectivity index (χ2n) is 6.10. The topological polar surface area (TPSA) is 65.1 Å². The second-order valence-corrected chi connectivity index (χ2v) is 8.49. The molecule has 24 heavy (non-hydrogen) atoms. The fourth-order valence-electron chi connectivity index (χ4n) is 3.49. The second kappa shape index (κ2) is 6.30. The van der Waals surface area contributed by atoms with Crippen molar-refractivity contribution < 1.29 is 9.90 Å². The third kappa shape index (κ3) is 2.64. The first-order chi connectivity index (χ1) is 11.6. The van der Waals surface area contributed by atoms with Crippen LogP contribution in [0.5, 0.6) is 0 Å². The number of aromatic amines is 1. The number of amides is 1. The van der Waals surface area contributed by atoms with Crippen molar-refractivity contribution in [1.29, 1.82) is 0 Å². The molecule has 1 aromatic heterocycles. The van der Waals surface area contributed by atoms with E-state index in [9.17, 15) is 9.90 Å². The van der Waals surface area contributed by atoms with Crippen LogP contribution < -0.4 is 5.32 Å². The molecular formula is C17H16Cl2N2O2S. The lowest BCUT2D eigenvalue weighted by atomic mass is 9.99. The van der Waals surface area contributed by atoms with Crippen LogP contribution in [0.4, 0.5) is 0 Å². The summed E-state index contributed by atoms with van der Waals surface area (Å²) in [5, 5.41) is 12.4. The van der Waals surface area contributed by atoms with E-state index in [1.54, 1.807) is 6.07 Å². The monoisotopic (exact) mass is 382 g/mol. The number of aliphatic hydroxyl groups excluding tert-OH is 1. The van der Waals surface area contributed by atoms with Crippen LogP contribution in [0, 0.1) is 0 Å². The minimum absolute atomic E-state index is 0.0106. The smallest absolute Gasteiger partial charge is 0.267 e. The fourth-order valence-corrected chi connectivity index (χ4v) is 5.28. The molecule has 0 spiro atoms. The molecule has 1 amide bonds. The minimum atomic E-state index is -0.325. The number of carbonyl (C=O) groups is 1. The van der Waals surface area contributed by atoms with Gasteiger partial charge in [-0.2, -0.15) is 0 Å². The van der Waals surface area contributed by atoms with Crippen molar-refractivity contribution in [2.24, 2.45) is 0 Å². The molecule has 2 aromatic rings. The molecule has 2 aliphatic rings. The van der Waals surface area contributed by atoms with Gasteiger partial charge in [0.1, 0.15) is 15.8 Å². The van der Waals surface area contributed by atoms with Crippen molar-refractivity contribution in [3.63, 3.8) is 0 Å². The highest BCUT2D eigenvalue weighted by atomic mass is 35.5. The average Bonchev–Trinajstić information content (AvgIpc) is 3.21. The van der Waals surface area contributed by atoms with E-state index in [-0.39, 0.29) is 34.6 Å². The summed E-state index contributed by atoms with van der Waals surface area (Å²) in [5.41, 5.74) is 3.58. The highest BCUT2D eigenvalue weighted by Crippen LogP contribution is 2.49. The highest BCUT2D eigenvalue weighted by Gasteiger charge is 2.35. The van der Waals surface area contributed by atoms with Gasteiger partial charge in [-0.05, 0) is 23.6 Å². The summed E-state index contributed by atoms with van der Waals surface area (Å²) >= 11 is 13.8. The predicted molar refractivity (Wildman–Crippen MR) is 96.1 cm³/mol. The molecule has 1 aliphatic heterocycles. The minimum Gasteiger partial charge on any atom is -0.396 e. The van der Waals surface area contributed by atoms with Crippen molar-refractivity contribution >= 4 is 40.9 Å². The number of H-pyrrole nitrogens is 1. The fraction of sp³-hybridized carbons (Fsp3) is 0.353. The Balaban J connectivity index is 1.52. The van der Waals surface area contributed by atoms with E-state index >= 15 is 0 Å². The van der Waals surface area contributed by atoms with Gasteiger partial charge in [0.2, 0.25) is 0 Å². The summed E-state index contributed by atoms with van der Waals surface area (Å²) in [5.74, 6) is -0.259. The highest BCUT2D eigenvalue weighted by molar-refractivity contribution is 8.01. The lowest BCUT2D eigenvalue weighted by Crippen LogP contribution is -2.39. The van der Waals surface area contributed by atoms with Crippen molar-refractivity contribution in [2.45, 2.75) is 33.4 Å². The van der Waals surface area contributed by atoms with E-state index in [4.69, 9.17) is 23.2 Å². The van der Waals surface area contributed by atoms with Gasteiger partial charge in [0.15, 0.2) is 0 Å². The molecule has 4 atom stereocenters. The summed E-state index contributed by atoms with van der Waals surface area (Å²) in [7, 11) is 0. The number of benzene rings is 1. The molecule has 2 unspecified atom stereocenters. The standard InChI is InChI=1S/C17H16Cl2N2O2S/c18-14-15-13(24-16(14)19)6-12(20-15)17(23)21-11-5-8-3-1-2-4-9(8)10(11)7-22/h1-4,6,10-11,14,16,20,22H,5,7H2,(H,21,23)/t10-,11-,14?,16?/m1/s1. The number of carbonyl (C=O) groups excluding carboxylic acids is 1. The number of aliphatic hydroxyl groups is 1. The number of alkyl halides is 2. The van der Waals surface area contributed by atoms with Crippen LogP contribution in [-0.4, -0.2) is 33.4 Å². The molecule has 126 valence electrons. The van der Waals surface area contributed by atoms with Gasteiger partial charge in [-0.1, -0.05) is 24.3 Å². The molecule has 0 bridgehead atoms. The molecule has 1 aromatic carbocycles. The zero-order chi connectivity index (χ0) is 16.8. The molecule has 2 heterocycles. The number of hydrogen-bond donors (Lipinski definition) is 3. The predicted octanol–water partition coefficient (Wildman–Crippen LogP) is 3.40. The van der Waals surface area contributed by atoms with Crippen LogP contribution in [0.2, 0.25) is 0 Å². The third-order valence-electron chi connectivity index (χ3n) is 4.69. The van der Waals surface area contributed by atoms with Crippen LogP contribution >= 0.6 is 35.0 Å². The molecule has 4 rings (SSSR count). The molecule has 4 nitrogen and oxygen atoms in total. The van der Waals surface area contributed by atoms with E-state index in [1.807, 2.05) is 24.3 Å². The number of fused-ring (bicyclic) bond motifs is 2. The molecule has 1 aliphatic carbocycles. The Kier molecular flexibility index (Phi) is 4.29. The van der Waals surface area contributed by atoms with Crippen LogP contribution in [-0.2, 0) is 6.42 Å². The lowest BCUT2D eigenvalue weighted by molar-refractivity contribution is 0.0922. The first-order valence-corrected chi connectivity index (χ1v) is 9.51. The summed E-state index contributed by atoms with van der Waals surface area (Å²) in [4.78, 5) is 16.6. The van der Waals surface area contributed by atoms with Gasteiger partial charge in [-0.25, -0.2) is 0 Å². The van der Waals surface area contributed by atoms with Crippen molar-refractivity contribution in [1.82, 2.24) is 10.3 Å². The SMILES string of the molecule is O=C(N[C@@H]1Cc2ccccc2[C@H]1CO)c1cc2c([nH]1)C(Cl)C(Cl)S2. The van der Waals surface area contributed by atoms with Gasteiger partial charge in [0.25, 0.3) is 5.91 Å². The van der Waals surface area contributed by atoms with Crippen molar-refractivity contribution in [2.75, 3.05) is 6.61 Å². The maximum atomic E-state index is 12.6. The Morgan fingerprint density at radius 3 is 2.92 bits per heavy atom. The van der Waals surface area contributed by atoms with Gasteiger partial charge in [0.05, 0.1) is 6.61 Å². The van der Waals surface area contributed by atoms with Gasteiger partial charge in [0, 0.05) is 22.5 Å². The Bertz CT molecular complexity index is 795. The van der Waals surface area contributed by atoms with Crippen molar-refractivity contribution in [3.8, 4) is 0 Å². The van der Waals surface area contributed by atoms with Crippen LogP contribution in [0.1, 0.15) is 38.6 Å². The Morgan fingerprint density at radius 1 is 1.38 bits per heavy atom. The summed E-state index contributed by atoms with van der Waals surface area (Å²) in [6.07, 6.45) is 0.726. The maximum Gasteiger partial charge on any atom is 0.267 e. The van der Waals surface area contributed by atoms with E-state index in [0.717, 1.165) is 22.6 Å². The third-order valence-corrected chi connectivity index (χ3v) is 7.05. The van der Waals surface area contributed by atoms with Gasteiger partial charge >= 0.3 is 0 Å². The van der Waals surface area contributed by atoms with Gasteiger partial charge in [-0.3, -0.25) is 4.79 Å². The molecular weight excluding hydrogens is 367 g/mol. The Morgan fingerprint density at radius 2 is 2.17 bits per heavy atom. The first kappa shape index (κ1) is 16.3. The zero-order valence-electron chi connectivity index (χ0n) is 12.6. The first-order valence-electron chi connectivity index (χ1n) is 7.75. The summed E-state index contributed by atoms with van der Waals surface area (Å²) in [6.45, 7) is 0.0106. The van der Waals surface area contributed by atoms with E-state index in [1.165, 1.54) is 17.3 Å². The molecule has 0 saturated carbocycles. The number of nitrogens with one attached hydrogen (secondary N) is 2. The zero-order valence-corrected chi connectivity index (χ0v) is 15.0. The van der Waals surface area contributed by atoms with Crippen LogP contribution in [0.25, 0.3) is 0 Å². The Labute approximate surface area is 153 Å². The molecule has 0 fully saturated rings. The lowest BCUT2D eigenvalue weighted by Gasteiger charge is -2.19. The number of aromatic nitrogens is 1. The molecule has 3 N–H and O–H groups in total. The van der Waals surface area contributed by atoms with Gasteiger partial charge in [-0.15, -0.1) is 35.0 Å². The number of rotatable bonds is 3. The summed E-state index contributed by atoms with van der Waals surface area (Å²) < 4.78 is -0.215. The Hall–Kier alpha value is -1.14. The van der Waals surface area contributed by atoms with Crippen LogP contribution in [0.3, 0.4) is 0 Å². The quantitative estimate of drug-likeness (QED) is 0.712. The van der Waals surface area contributed by atoms with E-state index in [0.29, 0.717) is 5.69 Å². The van der Waals surface area contributed by atoms with E-state index in [2.05, 4.69) is 10.3 Å². The summed E-state index contributed by atoms with van der Waals surface area (Å²) in [6, 6.07) is 9.68. The van der Waals surface area contributed by atoms with Crippen molar-refractivity contribution in [3.05, 3.63) is 52.8 Å². The largest absolute Gasteiger partial charge is 0.396 e. The average molecular weight is 383 g/mol. The van der Waals surface area contributed by atoms with Crippen LogP contribution in [0.15, 0.2) is 35.2 Å². The molecule has 0 saturated heterocycles. The van der Waals surface area contributed by atoms with E-state index < -0.39 is 0 Å². The molecule has 0 radical (unpaired) electrons. The number of thioether (sulfide) groups is 1.